The van der Waals surface area contributed by atoms with Crippen molar-refractivity contribution in [1.29, 1.82) is 0 Å². The maximum absolute atomic E-state index is 12.1. The Hall–Kier alpha value is -0.610. The standard InChI is InChI=1S/C14H23NO3/c1-10-7-12(10)13(16)15-8-14(9-15)11(3-5-17-2)4-6-18-14/h10-12H,3-9H2,1-2H3/t10-,11+,12+/m0/s1. The molecule has 0 radical (unpaired) electrons. The molecule has 0 aromatic carbocycles. The normalized spacial score (nSPS) is 36.8. The maximum atomic E-state index is 12.1. The number of rotatable bonds is 4. The van der Waals surface area contributed by atoms with Crippen LogP contribution in [0.4, 0.5) is 0 Å². The third kappa shape index (κ3) is 1.95. The molecule has 4 nitrogen and oxygen atoms in total. The Morgan fingerprint density at radius 1 is 1.50 bits per heavy atom. The summed E-state index contributed by atoms with van der Waals surface area (Å²) in [6, 6.07) is 0. The van der Waals surface area contributed by atoms with Crippen LogP contribution in [0, 0.1) is 17.8 Å². The van der Waals surface area contributed by atoms with Gasteiger partial charge in [-0.1, -0.05) is 6.92 Å². The average Bonchev–Trinajstić information content (AvgIpc) is 2.89. The van der Waals surface area contributed by atoms with Gasteiger partial charge in [-0.15, -0.1) is 0 Å². The molecule has 1 amide bonds. The van der Waals surface area contributed by atoms with Gasteiger partial charge in [0, 0.05) is 26.2 Å². The molecule has 4 heteroatoms. The van der Waals surface area contributed by atoms with Gasteiger partial charge in [0.25, 0.3) is 0 Å². The monoisotopic (exact) mass is 253 g/mol. The number of carbonyl (C=O) groups is 1. The Morgan fingerprint density at radius 3 is 2.83 bits per heavy atom. The number of nitrogens with zero attached hydrogens (tertiary/aromatic N) is 1. The first-order valence-corrected chi connectivity index (χ1v) is 7.08. The molecule has 0 N–H and O–H groups in total. The van der Waals surface area contributed by atoms with Crippen LogP contribution in [0.1, 0.15) is 26.2 Å². The highest BCUT2D eigenvalue weighted by molar-refractivity contribution is 5.82. The molecule has 2 heterocycles. The quantitative estimate of drug-likeness (QED) is 0.758. The number of methoxy groups -OCH3 is 1. The molecule has 0 unspecified atom stereocenters. The molecule has 3 atom stereocenters. The number of hydrogen-bond acceptors (Lipinski definition) is 3. The Balaban J connectivity index is 1.54. The van der Waals surface area contributed by atoms with Crippen molar-refractivity contribution in [3.8, 4) is 0 Å². The minimum Gasteiger partial charge on any atom is -0.385 e. The predicted molar refractivity (Wildman–Crippen MR) is 67.1 cm³/mol. The number of amides is 1. The van der Waals surface area contributed by atoms with E-state index in [1.807, 2.05) is 4.90 Å². The lowest BCUT2D eigenvalue weighted by Gasteiger charge is -2.50. The van der Waals surface area contributed by atoms with Crippen LogP contribution in [-0.4, -0.2) is 49.8 Å². The van der Waals surface area contributed by atoms with E-state index in [4.69, 9.17) is 9.47 Å². The summed E-state index contributed by atoms with van der Waals surface area (Å²) in [5, 5.41) is 0. The molecule has 3 rings (SSSR count). The van der Waals surface area contributed by atoms with Crippen LogP contribution in [0.25, 0.3) is 0 Å². The lowest BCUT2D eigenvalue weighted by molar-refractivity contribution is -0.167. The molecular weight excluding hydrogens is 230 g/mol. The molecule has 0 bridgehead atoms. The van der Waals surface area contributed by atoms with Crippen molar-refractivity contribution in [2.45, 2.75) is 31.8 Å². The van der Waals surface area contributed by atoms with Crippen molar-refractivity contribution in [3.63, 3.8) is 0 Å². The SMILES string of the molecule is COCC[C@@H]1CCOC12CN(C(=O)[C@@H]1C[C@@H]1C)C2. The van der Waals surface area contributed by atoms with E-state index in [1.54, 1.807) is 7.11 Å². The fourth-order valence-electron chi connectivity index (χ4n) is 3.46. The lowest BCUT2D eigenvalue weighted by atomic mass is 9.79. The van der Waals surface area contributed by atoms with Crippen molar-refractivity contribution in [2.24, 2.45) is 17.8 Å². The molecular formula is C14H23NO3. The number of carbonyl (C=O) groups excluding carboxylic acids is 1. The summed E-state index contributed by atoms with van der Waals surface area (Å²) in [5.41, 5.74) is -0.0354. The van der Waals surface area contributed by atoms with Gasteiger partial charge in [-0.25, -0.2) is 0 Å². The largest absolute Gasteiger partial charge is 0.385 e. The van der Waals surface area contributed by atoms with E-state index in [0.717, 1.165) is 45.6 Å². The molecule has 18 heavy (non-hydrogen) atoms. The van der Waals surface area contributed by atoms with Crippen LogP contribution in [0.15, 0.2) is 0 Å². The van der Waals surface area contributed by atoms with Crippen LogP contribution >= 0.6 is 0 Å². The summed E-state index contributed by atoms with van der Waals surface area (Å²) in [7, 11) is 1.74. The first-order valence-electron chi connectivity index (χ1n) is 7.08. The maximum Gasteiger partial charge on any atom is 0.226 e. The second kappa shape index (κ2) is 4.49. The second-order valence-electron chi connectivity index (χ2n) is 6.19. The first-order chi connectivity index (χ1) is 8.66. The summed E-state index contributed by atoms with van der Waals surface area (Å²) in [6.45, 7) is 5.41. The van der Waals surface area contributed by atoms with Crippen LogP contribution in [0.3, 0.4) is 0 Å². The molecule has 2 saturated heterocycles. The summed E-state index contributed by atoms with van der Waals surface area (Å²) in [4.78, 5) is 14.1. The van der Waals surface area contributed by atoms with E-state index in [1.165, 1.54) is 0 Å². The van der Waals surface area contributed by atoms with Crippen LogP contribution in [0.5, 0.6) is 0 Å². The summed E-state index contributed by atoms with van der Waals surface area (Å²) in [6.07, 6.45) is 3.25. The van der Waals surface area contributed by atoms with Crippen molar-refractivity contribution in [3.05, 3.63) is 0 Å². The Labute approximate surface area is 109 Å². The fourth-order valence-corrected chi connectivity index (χ4v) is 3.46. The summed E-state index contributed by atoms with van der Waals surface area (Å²) < 4.78 is 11.1. The number of ether oxygens (including phenoxy) is 2. The highest BCUT2D eigenvalue weighted by Crippen LogP contribution is 2.45. The van der Waals surface area contributed by atoms with Gasteiger partial charge in [-0.3, -0.25) is 4.79 Å². The van der Waals surface area contributed by atoms with Gasteiger partial charge in [0.05, 0.1) is 13.1 Å². The van der Waals surface area contributed by atoms with Gasteiger partial charge in [-0.05, 0) is 31.1 Å². The molecule has 0 aromatic rings. The Kier molecular flexibility index (Phi) is 3.10. The molecule has 0 aromatic heterocycles. The van der Waals surface area contributed by atoms with E-state index in [2.05, 4.69) is 6.92 Å². The molecule has 1 saturated carbocycles. The van der Waals surface area contributed by atoms with E-state index in [9.17, 15) is 4.79 Å². The topological polar surface area (TPSA) is 38.8 Å². The second-order valence-corrected chi connectivity index (χ2v) is 6.19. The van der Waals surface area contributed by atoms with Crippen LogP contribution < -0.4 is 0 Å². The zero-order valence-electron chi connectivity index (χ0n) is 11.4. The zero-order valence-corrected chi connectivity index (χ0v) is 11.4. The van der Waals surface area contributed by atoms with Gasteiger partial charge in [0.15, 0.2) is 0 Å². The minimum absolute atomic E-state index is 0.0354. The molecule has 3 fully saturated rings. The number of hydrogen-bond donors (Lipinski definition) is 0. The van der Waals surface area contributed by atoms with Gasteiger partial charge in [0.2, 0.25) is 5.91 Å². The molecule has 1 aliphatic carbocycles. The van der Waals surface area contributed by atoms with Crippen molar-refractivity contribution in [2.75, 3.05) is 33.4 Å². The first kappa shape index (κ1) is 12.4. The van der Waals surface area contributed by atoms with E-state index < -0.39 is 0 Å². The number of likely N-dealkylation sites (tertiary alicyclic amines) is 1. The Bertz CT molecular complexity index is 338. The smallest absolute Gasteiger partial charge is 0.226 e. The van der Waals surface area contributed by atoms with Gasteiger partial charge in [0.1, 0.15) is 5.60 Å². The van der Waals surface area contributed by atoms with E-state index in [0.29, 0.717) is 23.7 Å². The average molecular weight is 253 g/mol. The highest BCUT2D eigenvalue weighted by atomic mass is 16.5. The molecule has 102 valence electrons. The zero-order chi connectivity index (χ0) is 12.8. The van der Waals surface area contributed by atoms with Crippen molar-refractivity contribution >= 4 is 5.91 Å². The third-order valence-corrected chi connectivity index (χ3v) is 4.93. The lowest BCUT2D eigenvalue weighted by Crippen LogP contribution is -2.66. The van der Waals surface area contributed by atoms with Crippen molar-refractivity contribution < 1.29 is 14.3 Å². The van der Waals surface area contributed by atoms with Crippen LogP contribution in [0.2, 0.25) is 0 Å². The van der Waals surface area contributed by atoms with Gasteiger partial charge >= 0.3 is 0 Å². The summed E-state index contributed by atoms with van der Waals surface area (Å²) in [5.74, 6) is 1.83. The fraction of sp³-hybridized carbons (Fsp3) is 0.929. The molecule has 2 aliphatic heterocycles. The summed E-state index contributed by atoms with van der Waals surface area (Å²) >= 11 is 0. The molecule has 1 spiro atoms. The van der Waals surface area contributed by atoms with Gasteiger partial charge < -0.3 is 14.4 Å². The highest BCUT2D eigenvalue weighted by Gasteiger charge is 2.56. The minimum atomic E-state index is -0.0354. The van der Waals surface area contributed by atoms with E-state index in [-0.39, 0.29) is 5.60 Å². The predicted octanol–water partition coefficient (Wildman–Crippen LogP) is 1.30. The Morgan fingerprint density at radius 2 is 2.22 bits per heavy atom. The molecule has 3 aliphatic rings. The van der Waals surface area contributed by atoms with Crippen molar-refractivity contribution in [1.82, 2.24) is 4.90 Å². The van der Waals surface area contributed by atoms with E-state index >= 15 is 0 Å². The van der Waals surface area contributed by atoms with Gasteiger partial charge in [-0.2, -0.15) is 0 Å². The third-order valence-electron chi connectivity index (χ3n) is 4.93. The van der Waals surface area contributed by atoms with Crippen LogP contribution in [-0.2, 0) is 14.3 Å².